The van der Waals surface area contributed by atoms with E-state index >= 15 is 0 Å². The Kier molecular flexibility index (Phi) is 8.14. The van der Waals surface area contributed by atoms with Crippen molar-refractivity contribution in [3.8, 4) is 5.75 Å². The van der Waals surface area contributed by atoms with E-state index in [0.29, 0.717) is 30.8 Å². The van der Waals surface area contributed by atoms with E-state index in [1.54, 1.807) is 36.6 Å². The van der Waals surface area contributed by atoms with Crippen molar-refractivity contribution in [2.75, 3.05) is 6.61 Å². The Morgan fingerprint density at radius 2 is 1.82 bits per heavy atom. The summed E-state index contributed by atoms with van der Waals surface area (Å²) in [5.74, 6) is -0.155. The van der Waals surface area contributed by atoms with Crippen molar-refractivity contribution >= 4 is 39.3 Å². The Morgan fingerprint density at radius 3 is 2.50 bits per heavy atom. The third kappa shape index (κ3) is 5.71. The molecule has 1 aliphatic rings. The maximum atomic E-state index is 13.8. The maximum absolute atomic E-state index is 13.8. The lowest BCUT2D eigenvalue weighted by molar-refractivity contribution is -0.139. The molecule has 2 heterocycles. The van der Waals surface area contributed by atoms with Gasteiger partial charge in [0.15, 0.2) is 4.80 Å². The molecule has 1 atom stereocenters. The van der Waals surface area contributed by atoms with Crippen molar-refractivity contribution in [1.82, 2.24) is 4.57 Å². The second-order valence-corrected chi connectivity index (χ2v) is 11.2. The van der Waals surface area contributed by atoms with E-state index in [9.17, 15) is 14.0 Å². The fraction of sp³-hybridized carbons (Fsp3) is 0.194. The van der Waals surface area contributed by atoms with Gasteiger partial charge in [-0.05, 0) is 83.7 Å². The molecule has 0 saturated heterocycles. The average Bonchev–Trinajstić information content (AvgIpc) is 3.23. The van der Waals surface area contributed by atoms with Crippen LogP contribution in [0.1, 0.15) is 42.1 Å². The molecule has 0 spiro atoms. The second-order valence-electron chi connectivity index (χ2n) is 9.32. The van der Waals surface area contributed by atoms with Crippen LogP contribution in [0.5, 0.6) is 5.75 Å². The predicted molar refractivity (Wildman–Crippen MR) is 156 cm³/mol. The zero-order valence-electron chi connectivity index (χ0n) is 22.1. The smallest absolute Gasteiger partial charge is 0.338 e. The molecule has 0 unspecified atom stereocenters. The van der Waals surface area contributed by atoms with Crippen molar-refractivity contribution < 1.29 is 18.7 Å². The molecular formula is C31H26BrFN2O4S. The van der Waals surface area contributed by atoms with E-state index in [1.165, 1.54) is 23.5 Å². The van der Waals surface area contributed by atoms with Gasteiger partial charge in [-0.2, -0.15) is 0 Å². The van der Waals surface area contributed by atoms with E-state index in [-0.39, 0.29) is 24.6 Å². The highest BCUT2D eigenvalue weighted by Gasteiger charge is 2.33. The highest BCUT2D eigenvalue weighted by molar-refractivity contribution is 9.10. The third-order valence-corrected chi connectivity index (χ3v) is 8.07. The van der Waals surface area contributed by atoms with Crippen LogP contribution in [0.15, 0.2) is 92.3 Å². The van der Waals surface area contributed by atoms with Crippen LogP contribution in [0.4, 0.5) is 4.39 Å². The SMILES string of the molecule is CCOC(=O)C1=C(C)N=c2s/c(=C/c3ccc(OCc4ccc(F)cc4)c(Br)c3)c(=O)n2[C@@H]1c1ccc(C)cc1. The van der Waals surface area contributed by atoms with E-state index in [0.717, 1.165) is 22.3 Å². The predicted octanol–water partition coefficient (Wildman–Crippen LogP) is 5.59. The lowest BCUT2D eigenvalue weighted by atomic mass is 9.95. The first-order chi connectivity index (χ1) is 19.2. The first-order valence-corrected chi connectivity index (χ1v) is 14.3. The van der Waals surface area contributed by atoms with Gasteiger partial charge in [0.2, 0.25) is 0 Å². The van der Waals surface area contributed by atoms with Gasteiger partial charge in [-0.25, -0.2) is 14.2 Å². The summed E-state index contributed by atoms with van der Waals surface area (Å²) in [6, 6.07) is 18.8. The number of carbonyl (C=O) groups excluding carboxylic acids is 1. The third-order valence-electron chi connectivity index (χ3n) is 6.47. The molecule has 0 N–H and O–H groups in total. The number of benzene rings is 3. The summed E-state index contributed by atoms with van der Waals surface area (Å²) in [5.41, 5.74) is 4.17. The van der Waals surface area contributed by atoms with Crippen LogP contribution in [-0.4, -0.2) is 17.1 Å². The summed E-state index contributed by atoms with van der Waals surface area (Å²) >= 11 is 4.82. The van der Waals surface area contributed by atoms with Gasteiger partial charge in [-0.3, -0.25) is 9.36 Å². The van der Waals surface area contributed by atoms with Gasteiger partial charge in [0.25, 0.3) is 5.56 Å². The molecular weight excluding hydrogens is 595 g/mol. The molecule has 0 fully saturated rings. The summed E-state index contributed by atoms with van der Waals surface area (Å²) in [5, 5.41) is 0. The number of nitrogens with zero attached hydrogens (tertiary/aromatic N) is 2. The second kappa shape index (κ2) is 11.7. The molecule has 0 saturated carbocycles. The van der Waals surface area contributed by atoms with E-state index in [1.807, 2.05) is 49.4 Å². The molecule has 204 valence electrons. The first-order valence-electron chi connectivity index (χ1n) is 12.7. The number of carbonyl (C=O) groups is 1. The summed E-state index contributed by atoms with van der Waals surface area (Å²) in [6.45, 7) is 6.02. The monoisotopic (exact) mass is 620 g/mol. The van der Waals surface area contributed by atoms with Crippen LogP contribution < -0.4 is 19.6 Å². The van der Waals surface area contributed by atoms with Crippen molar-refractivity contribution in [1.29, 1.82) is 0 Å². The number of aryl methyl sites for hydroxylation is 1. The summed E-state index contributed by atoms with van der Waals surface area (Å²) < 4.78 is 27.2. The normalized spacial score (nSPS) is 15.0. The van der Waals surface area contributed by atoms with Crippen LogP contribution in [0.2, 0.25) is 0 Å². The number of halogens is 2. The lowest BCUT2D eigenvalue weighted by Gasteiger charge is -2.24. The Bertz CT molecular complexity index is 1790. The van der Waals surface area contributed by atoms with Gasteiger partial charge in [0.1, 0.15) is 18.2 Å². The molecule has 4 aromatic rings. The van der Waals surface area contributed by atoms with Crippen molar-refractivity contribution in [3.05, 3.63) is 130 Å². The highest BCUT2D eigenvalue weighted by Crippen LogP contribution is 2.31. The van der Waals surface area contributed by atoms with Crippen LogP contribution in [0.25, 0.3) is 6.08 Å². The number of hydrogen-bond acceptors (Lipinski definition) is 6. The Labute approximate surface area is 242 Å². The number of esters is 1. The molecule has 1 aromatic heterocycles. The standard InChI is InChI=1S/C31H26BrFN2O4S/c1-4-38-30(37)27-19(3)34-31-35(28(27)22-10-5-18(2)6-11-22)29(36)26(40-31)16-21-9-14-25(24(32)15-21)39-17-20-7-12-23(33)13-8-20/h5-16,28H,4,17H2,1-3H3/b26-16+/t28-/m1/s1. The summed E-state index contributed by atoms with van der Waals surface area (Å²) in [7, 11) is 0. The minimum absolute atomic E-state index is 0.221. The molecule has 5 rings (SSSR count). The molecule has 1 aliphatic heterocycles. The largest absolute Gasteiger partial charge is 0.488 e. The minimum atomic E-state index is -0.646. The number of ether oxygens (including phenoxy) is 2. The Hall–Kier alpha value is -3.82. The van der Waals surface area contributed by atoms with Gasteiger partial charge < -0.3 is 9.47 Å². The Balaban J connectivity index is 1.51. The molecule has 9 heteroatoms. The average molecular weight is 622 g/mol. The minimum Gasteiger partial charge on any atom is -0.488 e. The lowest BCUT2D eigenvalue weighted by Crippen LogP contribution is -2.39. The van der Waals surface area contributed by atoms with Crippen LogP contribution in [-0.2, 0) is 16.1 Å². The fourth-order valence-corrected chi connectivity index (χ4v) is 6.03. The number of hydrogen-bond donors (Lipinski definition) is 0. The van der Waals surface area contributed by atoms with E-state index in [2.05, 4.69) is 20.9 Å². The number of thiazole rings is 1. The first kappa shape index (κ1) is 27.7. The molecule has 0 radical (unpaired) electrons. The number of allylic oxidation sites excluding steroid dienone is 1. The van der Waals surface area contributed by atoms with Crippen molar-refractivity contribution in [3.63, 3.8) is 0 Å². The zero-order chi connectivity index (χ0) is 28.4. The fourth-order valence-electron chi connectivity index (χ4n) is 4.47. The van der Waals surface area contributed by atoms with E-state index < -0.39 is 12.0 Å². The van der Waals surface area contributed by atoms with Gasteiger partial charge >= 0.3 is 5.97 Å². The topological polar surface area (TPSA) is 69.9 Å². The summed E-state index contributed by atoms with van der Waals surface area (Å²) in [6.07, 6.45) is 1.80. The molecule has 3 aromatic carbocycles. The molecule has 0 bridgehead atoms. The highest BCUT2D eigenvalue weighted by atomic mass is 79.9. The van der Waals surface area contributed by atoms with Crippen LogP contribution in [0.3, 0.4) is 0 Å². The quantitative estimate of drug-likeness (QED) is 0.253. The molecule has 0 aliphatic carbocycles. The maximum Gasteiger partial charge on any atom is 0.338 e. The molecule has 6 nitrogen and oxygen atoms in total. The van der Waals surface area contributed by atoms with Gasteiger partial charge in [-0.1, -0.05) is 59.4 Å². The van der Waals surface area contributed by atoms with E-state index in [4.69, 9.17) is 9.47 Å². The van der Waals surface area contributed by atoms with Crippen LogP contribution >= 0.6 is 27.3 Å². The van der Waals surface area contributed by atoms with Gasteiger partial charge in [0, 0.05) is 0 Å². The van der Waals surface area contributed by atoms with Crippen molar-refractivity contribution in [2.24, 2.45) is 4.99 Å². The zero-order valence-corrected chi connectivity index (χ0v) is 24.5. The number of aromatic nitrogens is 1. The molecule has 40 heavy (non-hydrogen) atoms. The molecule has 0 amide bonds. The van der Waals surface area contributed by atoms with Crippen LogP contribution in [0, 0.1) is 12.7 Å². The van der Waals surface area contributed by atoms with Gasteiger partial charge in [0.05, 0.1) is 32.9 Å². The Morgan fingerprint density at radius 1 is 1.10 bits per heavy atom. The van der Waals surface area contributed by atoms with Gasteiger partial charge in [-0.15, -0.1) is 0 Å². The number of rotatable bonds is 7. The van der Waals surface area contributed by atoms with Crippen molar-refractivity contribution in [2.45, 2.75) is 33.4 Å². The number of fused-ring (bicyclic) bond motifs is 1. The summed E-state index contributed by atoms with van der Waals surface area (Å²) in [4.78, 5) is 31.9.